The molecule has 1 atom stereocenters. The second kappa shape index (κ2) is 8.51. The number of guanidine groups is 1. The molecule has 0 aromatic heterocycles. The Morgan fingerprint density at radius 1 is 1.38 bits per heavy atom. The zero-order chi connectivity index (χ0) is 15.9. The van der Waals surface area contributed by atoms with Crippen molar-refractivity contribution in [2.45, 2.75) is 51.8 Å². The molecular weight excluding hydrogens is 284 g/mol. The maximum atomic E-state index is 11.9. The molecule has 0 aliphatic carbocycles. The molecule has 0 spiro atoms. The minimum Gasteiger partial charge on any atom is -0.357 e. The molecular formula is C15H30N4OS. The molecule has 0 aromatic rings. The van der Waals surface area contributed by atoms with Crippen molar-refractivity contribution in [1.29, 1.82) is 0 Å². The van der Waals surface area contributed by atoms with Crippen molar-refractivity contribution in [3.8, 4) is 0 Å². The van der Waals surface area contributed by atoms with Gasteiger partial charge >= 0.3 is 0 Å². The van der Waals surface area contributed by atoms with Crippen LogP contribution in [0.4, 0.5) is 0 Å². The Balaban J connectivity index is 2.63. The molecule has 0 radical (unpaired) electrons. The lowest BCUT2D eigenvalue weighted by Crippen LogP contribution is -2.48. The molecule has 21 heavy (non-hydrogen) atoms. The largest absolute Gasteiger partial charge is 0.357 e. The van der Waals surface area contributed by atoms with E-state index in [4.69, 9.17) is 0 Å². The summed E-state index contributed by atoms with van der Waals surface area (Å²) in [4.78, 5) is 18.7. The topological polar surface area (TPSA) is 56.7 Å². The first kappa shape index (κ1) is 18.1. The standard InChI is InChI=1S/C15H30N4OS/c1-6-12-11-19(8-9-21-12)14(16-7-2)17-10-13(20)18-15(3,4)5/h12H,6-11H2,1-5H3,(H,16,17)(H,18,20). The summed E-state index contributed by atoms with van der Waals surface area (Å²) >= 11 is 2.03. The summed E-state index contributed by atoms with van der Waals surface area (Å²) < 4.78 is 0. The van der Waals surface area contributed by atoms with Gasteiger partial charge in [0.25, 0.3) is 0 Å². The Labute approximate surface area is 133 Å². The smallest absolute Gasteiger partial charge is 0.242 e. The van der Waals surface area contributed by atoms with Crippen LogP contribution in [-0.4, -0.2) is 59.5 Å². The first-order chi connectivity index (χ1) is 9.85. The van der Waals surface area contributed by atoms with E-state index in [0.717, 1.165) is 31.3 Å². The highest BCUT2D eigenvalue weighted by atomic mass is 32.2. The number of carbonyl (C=O) groups is 1. The zero-order valence-electron chi connectivity index (χ0n) is 14.0. The van der Waals surface area contributed by atoms with Crippen molar-refractivity contribution in [2.75, 3.05) is 31.9 Å². The number of thioether (sulfide) groups is 1. The van der Waals surface area contributed by atoms with Crippen molar-refractivity contribution >= 4 is 23.6 Å². The Hall–Kier alpha value is -0.910. The van der Waals surface area contributed by atoms with Gasteiger partial charge in [0.1, 0.15) is 6.54 Å². The molecule has 1 aliphatic rings. The molecule has 2 N–H and O–H groups in total. The molecule has 1 saturated heterocycles. The van der Waals surface area contributed by atoms with E-state index in [1.165, 1.54) is 6.42 Å². The molecule has 0 saturated carbocycles. The predicted molar refractivity (Wildman–Crippen MR) is 92.0 cm³/mol. The van der Waals surface area contributed by atoms with Crippen LogP contribution in [0.2, 0.25) is 0 Å². The van der Waals surface area contributed by atoms with E-state index in [0.29, 0.717) is 5.25 Å². The summed E-state index contributed by atoms with van der Waals surface area (Å²) in [6.45, 7) is 13.2. The summed E-state index contributed by atoms with van der Waals surface area (Å²) in [7, 11) is 0. The predicted octanol–water partition coefficient (Wildman–Crippen LogP) is 1.69. The molecule has 5 nitrogen and oxygen atoms in total. The SMILES string of the molecule is CCNC(=NCC(=O)NC(C)(C)C)N1CCSC(CC)C1. The lowest BCUT2D eigenvalue weighted by molar-refractivity contribution is -0.121. The fourth-order valence-electron chi connectivity index (χ4n) is 2.19. The van der Waals surface area contributed by atoms with E-state index in [2.05, 4.69) is 34.4 Å². The molecule has 0 aromatic carbocycles. The van der Waals surface area contributed by atoms with Gasteiger partial charge in [-0.05, 0) is 34.1 Å². The molecule has 1 heterocycles. The van der Waals surface area contributed by atoms with Crippen LogP contribution in [0.1, 0.15) is 41.0 Å². The summed E-state index contributed by atoms with van der Waals surface area (Å²) in [5.41, 5.74) is -0.208. The summed E-state index contributed by atoms with van der Waals surface area (Å²) in [6.07, 6.45) is 1.17. The Morgan fingerprint density at radius 3 is 2.67 bits per heavy atom. The number of nitrogens with one attached hydrogen (secondary N) is 2. The van der Waals surface area contributed by atoms with Gasteiger partial charge in [-0.1, -0.05) is 6.92 Å². The molecule has 0 bridgehead atoms. The normalized spacial score (nSPS) is 20.3. The van der Waals surface area contributed by atoms with Gasteiger partial charge in [-0.2, -0.15) is 11.8 Å². The summed E-state index contributed by atoms with van der Waals surface area (Å²) in [5, 5.41) is 6.90. The fraction of sp³-hybridized carbons (Fsp3) is 0.867. The first-order valence-electron chi connectivity index (χ1n) is 7.81. The number of hydrogen-bond donors (Lipinski definition) is 2. The van der Waals surface area contributed by atoms with E-state index in [1.807, 2.05) is 32.5 Å². The van der Waals surface area contributed by atoms with Gasteiger partial charge in [-0.15, -0.1) is 0 Å². The van der Waals surface area contributed by atoms with Gasteiger partial charge in [-0.25, -0.2) is 4.99 Å². The van der Waals surface area contributed by atoms with Crippen LogP contribution in [0.15, 0.2) is 4.99 Å². The third kappa shape index (κ3) is 7.07. The zero-order valence-corrected chi connectivity index (χ0v) is 14.8. The van der Waals surface area contributed by atoms with E-state index >= 15 is 0 Å². The van der Waals surface area contributed by atoms with E-state index in [-0.39, 0.29) is 18.0 Å². The number of hydrogen-bond acceptors (Lipinski definition) is 3. The number of carbonyl (C=O) groups excluding carboxylic acids is 1. The van der Waals surface area contributed by atoms with Crippen LogP contribution >= 0.6 is 11.8 Å². The molecule has 1 fully saturated rings. The van der Waals surface area contributed by atoms with Gasteiger partial charge < -0.3 is 15.5 Å². The molecule has 1 amide bonds. The third-order valence-electron chi connectivity index (χ3n) is 3.12. The highest BCUT2D eigenvalue weighted by molar-refractivity contribution is 8.00. The monoisotopic (exact) mass is 314 g/mol. The molecule has 1 aliphatic heterocycles. The van der Waals surface area contributed by atoms with Crippen LogP contribution in [-0.2, 0) is 4.79 Å². The number of aliphatic imine (C=N–C) groups is 1. The second-order valence-electron chi connectivity index (χ2n) is 6.32. The van der Waals surface area contributed by atoms with Crippen molar-refractivity contribution in [1.82, 2.24) is 15.5 Å². The van der Waals surface area contributed by atoms with Crippen molar-refractivity contribution in [3.63, 3.8) is 0 Å². The van der Waals surface area contributed by atoms with Crippen molar-refractivity contribution in [2.24, 2.45) is 4.99 Å². The molecule has 122 valence electrons. The lowest BCUT2D eigenvalue weighted by Gasteiger charge is -2.34. The molecule has 1 unspecified atom stereocenters. The van der Waals surface area contributed by atoms with Crippen molar-refractivity contribution < 1.29 is 4.79 Å². The van der Waals surface area contributed by atoms with Crippen molar-refractivity contribution in [3.05, 3.63) is 0 Å². The fourth-order valence-corrected chi connectivity index (χ4v) is 3.37. The van der Waals surface area contributed by atoms with Crippen LogP contribution < -0.4 is 10.6 Å². The Morgan fingerprint density at radius 2 is 2.10 bits per heavy atom. The van der Waals surface area contributed by atoms with Crippen LogP contribution in [0, 0.1) is 0 Å². The summed E-state index contributed by atoms with van der Waals surface area (Å²) in [5.74, 6) is 1.95. The van der Waals surface area contributed by atoms with Gasteiger partial charge in [0.05, 0.1) is 0 Å². The van der Waals surface area contributed by atoms with Gasteiger partial charge in [0.2, 0.25) is 5.91 Å². The maximum Gasteiger partial charge on any atom is 0.242 e. The average molecular weight is 314 g/mol. The first-order valence-corrected chi connectivity index (χ1v) is 8.86. The van der Waals surface area contributed by atoms with E-state index in [9.17, 15) is 4.79 Å². The van der Waals surface area contributed by atoms with Crippen LogP contribution in [0.3, 0.4) is 0 Å². The van der Waals surface area contributed by atoms with E-state index in [1.54, 1.807) is 0 Å². The number of amides is 1. The Kier molecular flexibility index (Phi) is 7.35. The second-order valence-corrected chi connectivity index (χ2v) is 7.72. The average Bonchev–Trinajstić information content (AvgIpc) is 2.41. The highest BCUT2D eigenvalue weighted by Gasteiger charge is 2.22. The lowest BCUT2D eigenvalue weighted by atomic mass is 10.1. The number of nitrogens with zero attached hydrogens (tertiary/aromatic N) is 2. The minimum atomic E-state index is -0.208. The van der Waals surface area contributed by atoms with Gasteiger partial charge in [0.15, 0.2) is 5.96 Å². The van der Waals surface area contributed by atoms with Gasteiger partial charge in [0, 0.05) is 36.2 Å². The highest BCUT2D eigenvalue weighted by Crippen LogP contribution is 2.20. The third-order valence-corrected chi connectivity index (χ3v) is 4.49. The van der Waals surface area contributed by atoms with Crippen LogP contribution in [0.5, 0.6) is 0 Å². The molecule has 1 rings (SSSR count). The molecule has 6 heteroatoms. The number of rotatable bonds is 4. The maximum absolute atomic E-state index is 11.9. The van der Waals surface area contributed by atoms with Crippen LogP contribution in [0.25, 0.3) is 0 Å². The minimum absolute atomic E-state index is 0.0312. The van der Waals surface area contributed by atoms with E-state index < -0.39 is 0 Å². The summed E-state index contributed by atoms with van der Waals surface area (Å²) in [6, 6.07) is 0. The Bertz CT molecular complexity index is 365. The van der Waals surface area contributed by atoms with Gasteiger partial charge in [-0.3, -0.25) is 4.79 Å². The quantitative estimate of drug-likeness (QED) is 0.612.